The molecule has 1 aromatic heterocycles. The molecule has 0 saturated carbocycles. The van der Waals surface area contributed by atoms with Crippen LogP contribution in [0.5, 0.6) is 0 Å². The summed E-state index contributed by atoms with van der Waals surface area (Å²) in [5.41, 5.74) is 7.00. The molecule has 0 unspecified atom stereocenters. The Kier molecular flexibility index (Phi) is 4.49. The standard InChI is InChI=1S/C13H22N4/c1-9(2)8-17(10(3)4)11-5-6-12(13(14)15)16-7-11/h5-7,9-10H,8H2,1-4H3,(H3,14,15). The monoisotopic (exact) mass is 234 g/mol. The second kappa shape index (κ2) is 5.66. The number of pyridine rings is 1. The molecule has 0 spiro atoms. The van der Waals surface area contributed by atoms with E-state index in [1.165, 1.54) is 0 Å². The average Bonchev–Trinajstić information content (AvgIpc) is 2.25. The molecule has 0 amide bonds. The van der Waals surface area contributed by atoms with E-state index in [0.717, 1.165) is 12.2 Å². The number of amidine groups is 1. The summed E-state index contributed by atoms with van der Waals surface area (Å²) in [5.74, 6) is 0.612. The molecule has 0 radical (unpaired) electrons. The van der Waals surface area contributed by atoms with Gasteiger partial charge in [-0.1, -0.05) is 13.8 Å². The maximum absolute atomic E-state index is 7.31. The third kappa shape index (κ3) is 3.73. The predicted molar refractivity (Wildman–Crippen MR) is 72.6 cm³/mol. The number of nitrogen functional groups attached to an aromatic ring is 1. The van der Waals surface area contributed by atoms with Crippen molar-refractivity contribution in [2.45, 2.75) is 33.7 Å². The van der Waals surface area contributed by atoms with E-state index in [9.17, 15) is 0 Å². The topological polar surface area (TPSA) is 66.0 Å². The first-order valence-electron chi connectivity index (χ1n) is 5.99. The summed E-state index contributed by atoms with van der Waals surface area (Å²) in [6, 6.07) is 4.21. The lowest BCUT2D eigenvalue weighted by molar-refractivity contribution is 0.570. The molecule has 0 aromatic carbocycles. The quantitative estimate of drug-likeness (QED) is 0.606. The number of nitrogens with zero attached hydrogens (tertiary/aromatic N) is 2. The van der Waals surface area contributed by atoms with Gasteiger partial charge < -0.3 is 10.6 Å². The number of aromatic nitrogens is 1. The SMILES string of the molecule is CC(C)CN(c1ccc(C(=N)N)nc1)C(C)C. The maximum Gasteiger partial charge on any atom is 0.141 e. The van der Waals surface area contributed by atoms with E-state index < -0.39 is 0 Å². The minimum Gasteiger partial charge on any atom is -0.382 e. The summed E-state index contributed by atoms with van der Waals surface area (Å²) >= 11 is 0. The minimum atomic E-state index is 0.0107. The Bertz CT molecular complexity index is 368. The smallest absolute Gasteiger partial charge is 0.141 e. The van der Waals surface area contributed by atoms with Crippen LogP contribution in [-0.4, -0.2) is 23.4 Å². The Morgan fingerprint density at radius 2 is 2.00 bits per heavy atom. The summed E-state index contributed by atoms with van der Waals surface area (Å²) in [7, 11) is 0. The van der Waals surface area contributed by atoms with Gasteiger partial charge in [0.15, 0.2) is 0 Å². The third-order valence-electron chi connectivity index (χ3n) is 2.54. The molecule has 17 heavy (non-hydrogen) atoms. The highest BCUT2D eigenvalue weighted by molar-refractivity contribution is 5.93. The molecule has 0 atom stereocenters. The number of hydrogen-bond donors (Lipinski definition) is 2. The minimum absolute atomic E-state index is 0.0107. The summed E-state index contributed by atoms with van der Waals surface area (Å²) < 4.78 is 0. The zero-order valence-electron chi connectivity index (χ0n) is 11.1. The van der Waals surface area contributed by atoms with Gasteiger partial charge in [-0.15, -0.1) is 0 Å². The molecule has 0 bridgehead atoms. The average molecular weight is 234 g/mol. The first-order valence-corrected chi connectivity index (χ1v) is 5.99. The molecule has 4 nitrogen and oxygen atoms in total. The Morgan fingerprint density at radius 3 is 2.35 bits per heavy atom. The highest BCUT2D eigenvalue weighted by Crippen LogP contribution is 2.17. The van der Waals surface area contributed by atoms with Crippen LogP contribution in [0.2, 0.25) is 0 Å². The van der Waals surface area contributed by atoms with Crippen LogP contribution in [0.15, 0.2) is 18.3 Å². The lowest BCUT2D eigenvalue weighted by atomic mass is 10.1. The lowest BCUT2D eigenvalue weighted by Crippen LogP contribution is -2.34. The van der Waals surface area contributed by atoms with Gasteiger partial charge in [-0.3, -0.25) is 10.4 Å². The molecule has 0 fully saturated rings. The number of anilines is 1. The van der Waals surface area contributed by atoms with Crippen molar-refractivity contribution in [3.05, 3.63) is 24.0 Å². The van der Waals surface area contributed by atoms with E-state index in [1.54, 1.807) is 12.3 Å². The maximum atomic E-state index is 7.31. The molecule has 1 heterocycles. The van der Waals surface area contributed by atoms with E-state index in [1.807, 2.05) is 6.07 Å². The van der Waals surface area contributed by atoms with Crippen LogP contribution in [0, 0.1) is 11.3 Å². The van der Waals surface area contributed by atoms with Crippen molar-refractivity contribution < 1.29 is 0 Å². The van der Waals surface area contributed by atoms with Gasteiger partial charge in [0.2, 0.25) is 0 Å². The van der Waals surface area contributed by atoms with Crippen LogP contribution in [0.3, 0.4) is 0 Å². The van der Waals surface area contributed by atoms with Crippen molar-refractivity contribution in [1.29, 1.82) is 5.41 Å². The fourth-order valence-electron chi connectivity index (χ4n) is 1.72. The normalized spacial score (nSPS) is 10.9. The van der Waals surface area contributed by atoms with Crippen LogP contribution in [0.1, 0.15) is 33.4 Å². The van der Waals surface area contributed by atoms with E-state index in [4.69, 9.17) is 11.1 Å². The molecule has 0 aliphatic carbocycles. The van der Waals surface area contributed by atoms with Crippen molar-refractivity contribution in [3.8, 4) is 0 Å². The lowest BCUT2D eigenvalue weighted by Gasteiger charge is -2.30. The van der Waals surface area contributed by atoms with Gasteiger partial charge in [-0.2, -0.15) is 0 Å². The van der Waals surface area contributed by atoms with Gasteiger partial charge >= 0.3 is 0 Å². The molecule has 1 aromatic rings. The largest absolute Gasteiger partial charge is 0.382 e. The van der Waals surface area contributed by atoms with Crippen LogP contribution in [-0.2, 0) is 0 Å². The van der Waals surface area contributed by atoms with Crippen molar-refractivity contribution in [1.82, 2.24) is 4.98 Å². The van der Waals surface area contributed by atoms with Crippen LogP contribution in [0.25, 0.3) is 0 Å². The Hall–Kier alpha value is -1.58. The van der Waals surface area contributed by atoms with E-state index in [2.05, 4.69) is 37.6 Å². The zero-order valence-corrected chi connectivity index (χ0v) is 11.1. The molecule has 4 heteroatoms. The second-order valence-electron chi connectivity index (χ2n) is 4.96. The van der Waals surface area contributed by atoms with Gasteiger partial charge in [0, 0.05) is 12.6 Å². The van der Waals surface area contributed by atoms with Gasteiger partial charge in [0.05, 0.1) is 11.9 Å². The van der Waals surface area contributed by atoms with Crippen molar-refractivity contribution in [2.75, 3.05) is 11.4 Å². The number of nitrogens with one attached hydrogen (secondary N) is 1. The molecule has 0 aliphatic heterocycles. The summed E-state index contributed by atoms with van der Waals surface area (Å²) in [6.45, 7) is 9.74. The van der Waals surface area contributed by atoms with E-state index in [-0.39, 0.29) is 5.84 Å². The molecule has 94 valence electrons. The van der Waals surface area contributed by atoms with Gasteiger partial charge in [-0.25, -0.2) is 0 Å². The van der Waals surface area contributed by atoms with Crippen molar-refractivity contribution >= 4 is 11.5 Å². The van der Waals surface area contributed by atoms with Gasteiger partial charge in [0.1, 0.15) is 11.5 Å². The highest BCUT2D eigenvalue weighted by Gasteiger charge is 2.12. The van der Waals surface area contributed by atoms with Crippen molar-refractivity contribution in [3.63, 3.8) is 0 Å². The molecule has 0 aliphatic rings. The number of rotatable bonds is 5. The number of nitrogens with two attached hydrogens (primary N) is 1. The Labute approximate surface area is 103 Å². The number of hydrogen-bond acceptors (Lipinski definition) is 3. The predicted octanol–water partition coefficient (Wildman–Crippen LogP) is 2.24. The van der Waals surface area contributed by atoms with Crippen LogP contribution < -0.4 is 10.6 Å². The summed E-state index contributed by atoms with van der Waals surface area (Å²) in [6.07, 6.45) is 1.79. The molecule has 3 N–H and O–H groups in total. The first-order chi connectivity index (χ1) is 7.91. The Morgan fingerprint density at radius 1 is 1.35 bits per heavy atom. The van der Waals surface area contributed by atoms with Gasteiger partial charge in [0.25, 0.3) is 0 Å². The fraction of sp³-hybridized carbons (Fsp3) is 0.538. The Balaban J connectivity index is 2.91. The van der Waals surface area contributed by atoms with E-state index in [0.29, 0.717) is 17.7 Å². The van der Waals surface area contributed by atoms with Gasteiger partial charge in [-0.05, 0) is 31.9 Å². The molecular formula is C13H22N4. The van der Waals surface area contributed by atoms with Crippen LogP contribution >= 0.6 is 0 Å². The van der Waals surface area contributed by atoms with E-state index >= 15 is 0 Å². The first kappa shape index (κ1) is 13.5. The van der Waals surface area contributed by atoms with Crippen molar-refractivity contribution in [2.24, 2.45) is 11.7 Å². The summed E-state index contributed by atoms with van der Waals surface area (Å²) in [4.78, 5) is 6.50. The fourth-order valence-corrected chi connectivity index (χ4v) is 1.72. The van der Waals surface area contributed by atoms with Crippen LogP contribution in [0.4, 0.5) is 5.69 Å². The zero-order chi connectivity index (χ0) is 13.0. The summed E-state index contributed by atoms with van der Waals surface area (Å²) in [5, 5.41) is 7.31. The third-order valence-corrected chi connectivity index (χ3v) is 2.54. The molecule has 1 rings (SSSR count). The molecule has 0 saturated heterocycles. The second-order valence-corrected chi connectivity index (χ2v) is 4.96. The highest BCUT2D eigenvalue weighted by atomic mass is 15.2. The molecular weight excluding hydrogens is 212 g/mol.